The zero-order valence-electron chi connectivity index (χ0n) is 18.9. The number of esters is 4. The predicted octanol–water partition coefficient (Wildman–Crippen LogP) is 1.24. The molecule has 2 N–H and O–H groups in total. The van der Waals surface area contributed by atoms with Gasteiger partial charge in [-0.2, -0.15) is 5.26 Å². The van der Waals surface area contributed by atoms with Crippen molar-refractivity contribution in [2.45, 2.75) is 37.3 Å². The van der Waals surface area contributed by atoms with Crippen molar-refractivity contribution < 1.29 is 57.8 Å². The molecule has 0 amide bonds. The normalized spacial score (nSPS) is 26.2. The first-order valence-corrected chi connectivity index (χ1v) is 10.1. The van der Waals surface area contributed by atoms with Crippen molar-refractivity contribution in [2.24, 2.45) is 0 Å². The van der Waals surface area contributed by atoms with E-state index in [1.807, 2.05) is 0 Å². The third kappa shape index (κ3) is 4.78. The van der Waals surface area contributed by atoms with E-state index in [0.717, 1.165) is 26.4 Å². The molecule has 2 spiro atoms. The number of carbonyl (C=O) groups is 4. The van der Waals surface area contributed by atoms with E-state index in [0.29, 0.717) is 0 Å². The summed E-state index contributed by atoms with van der Waals surface area (Å²) in [6.07, 6.45) is 0.873. The highest BCUT2D eigenvalue weighted by atomic mass is 16.8. The molecule has 36 heavy (non-hydrogen) atoms. The van der Waals surface area contributed by atoms with Crippen molar-refractivity contribution >= 4 is 23.9 Å². The Labute approximate surface area is 203 Å². The van der Waals surface area contributed by atoms with Crippen molar-refractivity contribution in [3.05, 3.63) is 57.9 Å². The summed E-state index contributed by atoms with van der Waals surface area (Å²) in [4.78, 5) is 51.1. The average Bonchev–Trinajstić information content (AvgIpc) is 2.85. The van der Waals surface area contributed by atoms with Crippen LogP contribution < -0.4 is 0 Å². The SMILES string of the molecule is [C-]#[N+]C(=CC1=C(O)OC2(CCC3(CC2)OC(=O)C(/C=C(\C#N)C(=O)OC)=C(O)O3)OC1=O)C(=O)OC. The lowest BCUT2D eigenvalue weighted by atomic mass is 9.87. The van der Waals surface area contributed by atoms with Crippen LogP contribution in [-0.4, -0.2) is 59.9 Å². The molecular formula is C22H18N2O12. The third-order valence-electron chi connectivity index (χ3n) is 5.41. The Morgan fingerprint density at radius 3 is 1.72 bits per heavy atom. The fourth-order valence-electron chi connectivity index (χ4n) is 3.56. The van der Waals surface area contributed by atoms with Crippen LogP contribution in [0.5, 0.6) is 0 Å². The van der Waals surface area contributed by atoms with Crippen molar-refractivity contribution in [3.8, 4) is 6.07 Å². The summed E-state index contributed by atoms with van der Waals surface area (Å²) < 4.78 is 30.3. The summed E-state index contributed by atoms with van der Waals surface area (Å²) in [5, 5.41) is 29.6. The van der Waals surface area contributed by atoms with E-state index in [-0.39, 0.29) is 25.7 Å². The number of hydrogen-bond donors (Lipinski definition) is 2. The van der Waals surface area contributed by atoms with Crippen LogP contribution in [0.2, 0.25) is 0 Å². The topological polar surface area (TPSA) is 192 Å². The monoisotopic (exact) mass is 502 g/mol. The number of nitrogens with zero attached hydrogens (tertiary/aromatic N) is 2. The molecule has 1 fully saturated rings. The summed E-state index contributed by atoms with van der Waals surface area (Å²) in [6.45, 7) is 7.01. The summed E-state index contributed by atoms with van der Waals surface area (Å²) in [7, 11) is 2.06. The molecule has 0 saturated heterocycles. The first-order chi connectivity index (χ1) is 17.0. The van der Waals surface area contributed by atoms with Gasteiger partial charge in [-0.3, -0.25) is 4.79 Å². The number of methoxy groups -OCH3 is 2. The highest BCUT2D eigenvalue weighted by Crippen LogP contribution is 2.46. The van der Waals surface area contributed by atoms with Gasteiger partial charge >= 0.3 is 23.9 Å². The predicted molar refractivity (Wildman–Crippen MR) is 110 cm³/mol. The molecule has 3 rings (SSSR count). The minimum Gasteiger partial charge on any atom is -0.480 e. The third-order valence-corrected chi connectivity index (χ3v) is 5.41. The van der Waals surface area contributed by atoms with Crippen LogP contribution in [0.1, 0.15) is 25.7 Å². The second kappa shape index (κ2) is 9.71. The fraction of sp³-hybridized carbons (Fsp3) is 0.364. The van der Waals surface area contributed by atoms with Crippen LogP contribution in [0.25, 0.3) is 4.85 Å². The van der Waals surface area contributed by atoms with Crippen LogP contribution in [0.15, 0.2) is 46.5 Å². The molecule has 14 heteroatoms. The van der Waals surface area contributed by atoms with E-state index in [4.69, 9.17) is 30.8 Å². The molecule has 0 bridgehead atoms. The van der Waals surface area contributed by atoms with Crippen LogP contribution in [0, 0.1) is 17.9 Å². The molecule has 0 aromatic rings. The number of aliphatic hydroxyl groups excluding tert-OH is 2. The van der Waals surface area contributed by atoms with Crippen LogP contribution in [0.4, 0.5) is 0 Å². The van der Waals surface area contributed by atoms with Gasteiger partial charge in [-0.1, -0.05) is 0 Å². The summed E-state index contributed by atoms with van der Waals surface area (Å²) >= 11 is 0. The summed E-state index contributed by atoms with van der Waals surface area (Å²) in [6, 6.07) is 1.53. The minimum absolute atomic E-state index is 0.163. The Kier molecular flexibility index (Phi) is 6.92. The molecule has 0 unspecified atom stereocenters. The highest BCUT2D eigenvalue weighted by molar-refractivity contribution is 5.99. The number of nitriles is 1. The highest BCUT2D eigenvalue weighted by Gasteiger charge is 2.55. The largest absolute Gasteiger partial charge is 0.480 e. The maximum absolute atomic E-state index is 12.5. The van der Waals surface area contributed by atoms with Gasteiger partial charge in [0, 0.05) is 25.7 Å². The van der Waals surface area contributed by atoms with Gasteiger partial charge in [0.25, 0.3) is 29.2 Å². The molecular weight excluding hydrogens is 484 g/mol. The number of ether oxygens (including phenoxy) is 6. The lowest BCUT2D eigenvalue weighted by Gasteiger charge is -2.46. The maximum atomic E-state index is 12.5. The average molecular weight is 502 g/mol. The molecule has 0 aromatic heterocycles. The second-order valence-electron chi connectivity index (χ2n) is 7.54. The van der Waals surface area contributed by atoms with Crippen LogP contribution in [0.3, 0.4) is 0 Å². The minimum atomic E-state index is -1.68. The zero-order valence-corrected chi connectivity index (χ0v) is 18.9. The molecule has 0 radical (unpaired) electrons. The van der Waals surface area contributed by atoms with Crippen LogP contribution >= 0.6 is 0 Å². The van der Waals surface area contributed by atoms with Gasteiger partial charge in [-0.25, -0.2) is 19.2 Å². The number of rotatable bonds is 4. The molecule has 3 aliphatic rings. The van der Waals surface area contributed by atoms with E-state index < -0.39 is 69.8 Å². The quantitative estimate of drug-likeness (QED) is 0.183. The van der Waals surface area contributed by atoms with Gasteiger partial charge in [0.2, 0.25) is 0 Å². The van der Waals surface area contributed by atoms with E-state index in [9.17, 15) is 29.4 Å². The first kappa shape index (κ1) is 25.6. The van der Waals surface area contributed by atoms with Gasteiger partial charge in [-0.15, -0.1) is 0 Å². The van der Waals surface area contributed by atoms with Gasteiger partial charge in [0.1, 0.15) is 22.8 Å². The standard InChI is InChI=1S/C22H18N2O12/c1-24-14(20(30)32-3)9-13-18(28)35-22(36-19(13)29)6-4-21(5-7-22)33-16(26)12(17(27)34-21)8-11(10-23)15(25)31-2/h8-9,26,28H,4-7H2,2-3H3/b11-8+,14-9?. The van der Waals surface area contributed by atoms with E-state index in [1.165, 1.54) is 6.07 Å². The van der Waals surface area contributed by atoms with Crippen molar-refractivity contribution in [2.75, 3.05) is 14.2 Å². The second-order valence-corrected chi connectivity index (χ2v) is 7.54. The molecule has 0 atom stereocenters. The molecule has 1 saturated carbocycles. The summed E-state index contributed by atoms with van der Waals surface area (Å²) in [5.41, 5.74) is -2.34. The van der Waals surface area contributed by atoms with Crippen molar-refractivity contribution in [1.29, 1.82) is 5.26 Å². The molecule has 188 valence electrons. The lowest BCUT2D eigenvalue weighted by molar-refractivity contribution is -0.302. The summed E-state index contributed by atoms with van der Waals surface area (Å²) in [5.74, 6) is -9.40. The van der Waals surface area contributed by atoms with Crippen molar-refractivity contribution in [3.63, 3.8) is 0 Å². The zero-order chi connectivity index (χ0) is 26.7. The van der Waals surface area contributed by atoms with E-state index in [1.54, 1.807) is 0 Å². The van der Waals surface area contributed by atoms with Gasteiger partial charge in [0.15, 0.2) is 0 Å². The molecule has 14 nitrogen and oxygen atoms in total. The number of aliphatic hydroxyl groups is 2. The Bertz CT molecular complexity index is 1140. The number of carbonyl (C=O) groups excluding carboxylic acids is 4. The Morgan fingerprint density at radius 1 is 0.917 bits per heavy atom. The molecule has 2 heterocycles. The van der Waals surface area contributed by atoms with Gasteiger partial charge in [-0.05, 0) is 12.2 Å². The van der Waals surface area contributed by atoms with E-state index >= 15 is 0 Å². The Morgan fingerprint density at radius 2 is 1.36 bits per heavy atom. The van der Waals surface area contributed by atoms with Gasteiger partial charge in [0.05, 0.1) is 20.8 Å². The lowest BCUT2D eigenvalue weighted by Crippen LogP contribution is -2.53. The maximum Gasteiger partial charge on any atom is 0.348 e. The molecule has 0 aromatic carbocycles. The number of hydrogen-bond acceptors (Lipinski definition) is 13. The Balaban J connectivity index is 1.79. The van der Waals surface area contributed by atoms with Gasteiger partial charge < -0.3 is 38.6 Å². The van der Waals surface area contributed by atoms with E-state index in [2.05, 4.69) is 14.3 Å². The smallest absolute Gasteiger partial charge is 0.348 e. The Hall–Kier alpha value is -4.98. The van der Waals surface area contributed by atoms with Crippen molar-refractivity contribution in [1.82, 2.24) is 0 Å². The molecule has 1 aliphatic carbocycles. The van der Waals surface area contributed by atoms with Crippen LogP contribution in [-0.2, 0) is 47.6 Å². The fourth-order valence-corrected chi connectivity index (χ4v) is 3.56. The molecule has 2 aliphatic heterocycles. The first-order valence-electron chi connectivity index (χ1n) is 10.1.